The van der Waals surface area contributed by atoms with Crippen LogP contribution in [0.15, 0.2) is 30.5 Å². The molecule has 0 aliphatic heterocycles. The fourth-order valence-corrected chi connectivity index (χ4v) is 1.78. The molecule has 0 spiro atoms. The van der Waals surface area contributed by atoms with Crippen molar-refractivity contribution in [1.82, 2.24) is 4.98 Å². The lowest BCUT2D eigenvalue weighted by molar-refractivity contribution is -0.116. The van der Waals surface area contributed by atoms with E-state index in [1.54, 1.807) is 6.07 Å². The van der Waals surface area contributed by atoms with Crippen molar-refractivity contribution in [2.45, 2.75) is 19.3 Å². The predicted molar refractivity (Wildman–Crippen MR) is 61.0 cm³/mol. The molecule has 0 radical (unpaired) electrons. The molecule has 0 saturated carbocycles. The van der Waals surface area contributed by atoms with Crippen LogP contribution in [0.5, 0.6) is 5.75 Å². The number of pyridine rings is 1. The van der Waals surface area contributed by atoms with Gasteiger partial charge in [0.2, 0.25) is 5.91 Å². The van der Waals surface area contributed by atoms with Gasteiger partial charge in [-0.15, -0.1) is 0 Å². The van der Waals surface area contributed by atoms with Gasteiger partial charge in [0, 0.05) is 12.6 Å². The standard InChI is InChI=1S/C12H14N2O2/c15-10-6-3-7-13-12(10)14-11(16)8-9-4-1-2-5-9/h1,3-4,6-7,9,15H,2,5,8H2,(H,13,14,16). The zero-order valence-corrected chi connectivity index (χ0v) is 8.89. The number of allylic oxidation sites excluding steroid dienone is 2. The molecule has 16 heavy (non-hydrogen) atoms. The molecule has 0 fully saturated rings. The Balaban J connectivity index is 1.92. The second-order valence-corrected chi connectivity index (χ2v) is 3.89. The summed E-state index contributed by atoms with van der Waals surface area (Å²) in [6.45, 7) is 0. The lowest BCUT2D eigenvalue weighted by atomic mass is 10.1. The van der Waals surface area contributed by atoms with Crippen molar-refractivity contribution in [2.75, 3.05) is 5.32 Å². The highest BCUT2D eigenvalue weighted by atomic mass is 16.3. The number of anilines is 1. The minimum Gasteiger partial charge on any atom is -0.504 e. The molecule has 1 aromatic heterocycles. The third-order valence-electron chi connectivity index (χ3n) is 2.60. The van der Waals surface area contributed by atoms with E-state index in [2.05, 4.69) is 22.5 Å². The maximum absolute atomic E-state index is 11.6. The molecule has 1 amide bonds. The van der Waals surface area contributed by atoms with E-state index in [1.165, 1.54) is 12.3 Å². The summed E-state index contributed by atoms with van der Waals surface area (Å²) in [5.41, 5.74) is 0. The molecule has 1 aliphatic carbocycles. The van der Waals surface area contributed by atoms with Crippen LogP contribution in [0.3, 0.4) is 0 Å². The molecule has 2 rings (SSSR count). The molecule has 1 atom stereocenters. The molecule has 0 aromatic carbocycles. The average Bonchev–Trinajstić information content (AvgIpc) is 2.74. The summed E-state index contributed by atoms with van der Waals surface area (Å²) >= 11 is 0. The maximum atomic E-state index is 11.6. The van der Waals surface area contributed by atoms with E-state index in [-0.39, 0.29) is 17.5 Å². The van der Waals surface area contributed by atoms with Crippen molar-refractivity contribution in [3.63, 3.8) is 0 Å². The summed E-state index contributed by atoms with van der Waals surface area (Å²) in [4.78, 5) is 15.5. The predicted octanol–water partition coefficient (Wildman–Crippen LogP) is 2.08. The first-order valence-corrected chi connectivity index (χ1v) is 5.36. The van der Waals surface area contributed by atoms with Crippen LogP contribution >= 0.6 is 0 Å². The van der Waals surface area contributed by atoms with E-state index < -0.39 is 0 Å². The molecular weight excluding hydrogens is 204 g/mol. The lowest BCUT2D eigenvalue weighted by Crippen LogP contribution is -2.15. The molecule has 0 bridgehead atoms. The maximum Gasteiger partial charge on any atom is 0.226 e. The van der Waals surface area contributed by atoms with E-state index in [9.17, 15) is 9.90 Å². The quantitative estimate of drug-likeness (QED) is 0.763. The van der Waals surface area contributed by atoms with E-state index in [1.807, 2.05) is 0 Å². The highest BCUT2D eigenvalue weighted by molar-refractivity contribution is 5.91. The van der Waals surface area contributed by atoms with Crippen LogP contribution in [0.4, 0.5) is 5.82 Å². The zero-order chi connectivity index (χ0) is 11.4. The number of nitrogens with one attached hydrogen (secondary N) is 1. The Kier molecular flexibility index (Phi) is 3.19. The molecular formula is C12H14N2O2. The fraction of sp³-hybridized carbons (Fsp3) is 0.333. The number of aromatic nitrogens is 1. The van der Waals surface area contributed by atoms with Gasteiger partial charge in [0.05, 0.1) is 0 Å². The van der Waals surface area contributed by atoms with Crippen molar-refractivity contribution in [3.8, 4) is 5.75 Å². The van der Waals surface area contributed by atoms with Crippen LogP contribution in [0.2, 0.25) is 0 Å². The van der Waals surface area contributed by atoms with E-state index >= 15 is 0 Å². The Hall–Kier alpha value is -1.84. The van der Waals surface area contributed by atoms with E-state index in [0.29, 0.717) is 12.3 Å². The Morgan fingerprint density at radius 2 is 2.50 bits per heavy atom. The van der Waals surface area contributed by atoms with Crippen molar-refractivity contribution in [1.29, 1.82) is 0 Å². The highest BCUT2D eigenvalue weighted by Gasteiger charge is 2.15. The van der Waals surface area contributed by atoms with Crippen molar-refractivity contribution < 1.29 is 9.90 Å². The van der Waals surface area contributed by atoms with Crippen molar-refractivity contribution in [2.24, 2.45) is 5.92 Å². The highest BCUT2D eigenvalue weighted by Crippen LogP contribution is 2.22. The first-order chi connectivity index (χ1) is 7.75. The van der Waals surface area contributed by atoms with Crippen LogP contribution in [0.25, 0.3) is 0 Å². The van der Waals surface area contributed by atoms with Gasteiger partial charge in [0.15, 0.2) is 11.6 Å². The van der Waals surface area contributed by atoms with Crippen molar-refractivity contribution in [3.05, 3.63) is 30.5 Å². The Labute approximate surface area is 94.0 Å². The number of hydrogen-bond donors (Lipinski definition) is 2. The first kappa shape index (κ1) is 10.7. The second-order valence-electron chi connectivity index (χ2n) is 3.89. The SMILES string of the molecule is O=C(CC1C=CCC1)Nc1ncccc1O. The Morgan fingerprint density at radius 3 is 3.19 bits per heavy atom. The summed E-state index contributed by atoms with van der Waals surface area (Å²) < 4.78 is 0. The minimum absolute atomic E-state index is 0.00202. The number of rotatable bonds is 3. The van der Waals surface area contributed by atoms with E-state index in [4.69, 9.17) is 0 Å². The second kappa shape index (κ2) is 4.79. The number of amides is 1. The average molecular weight is 218 g/mol. The van der Waals surface area contributed by atoms with Crippen LogP contribution in [0.1, 0.15) is 19.3 Å². The summed E-state index contributed by atoms with van der Waals surface area (Å²) in [7, 11) is 0. The smallest absolute Gasteiger partial charge is 0.226 e. The van der Waals surface area contributed by atoms with Crippen LogP contribution in [-0.2, 0) is 4.79 Å². The molecule has 0 saturated heterocycles. The van der Waals surface area contributed by atoms with Crippen LogP contribution in [0, 0.1) is 5.92 Å². The molecule has 1 aromatic rings. The first-order valence-electron chi connectivity index (χ1n) is 5.36. The Morgan fingerprint density at radius 1 is 1.62 bits per heavy atom. The van der Waals surface area contributed by atoms with Crippen LogP contribution < -0.4 is 5.32 Å². The van der Waals surface area contributed by atoms with Gasteiger partial charge in [-0.2, -0.15) is 0 Å². The van der Waals surface area contributed by atoms with Gasteiger partial charge in [-0.1, -0.05) is 12.2 Å². The molecule has 1 unspecified atom stereocenters. The number of hydrogen-bond acceptors (Lipinski definition) is 3. The summed E-state index contributed by atoms with van der Waals surface area (Å²) in [5.74, 6) is 0.448. The number of carbonyl (C=O) groups is 1. The molecule has 1 aliphatic rings. The fourth-order valence-electron chi connectivity index (χ4n) is 1.78. The number of nitrogens with zero attached hydrogens (tertiary/aromatic N) is 1. The van der Waals surface area contributed by atoms with E-state index in [0.717, 1.165) is 12.8 Å². The summed E-state index contributed by atoms with van der Waals surface area (Å²) in [6.07, 6.45) is 8.22. The third kappa shape index (κ3) is 2.59. The van der Waals surface area contributed by atoms with Gasteiger partial charge in [0.1, 0.15) is 0 Å². The number of aromatic hydroxyl groups is 1. The normalized spacial score (nSPS) is 18.6. The van der Waals surface area contributed by atoms with Gasteiger partial charge in [-0.25, -0.2) is 4.98 Å². The molecule has 4 heteroatoms. The topological polar surface area (TPSA) is 62.2 Å². The van der Waals surface area contributed by atoms with Gasteiger partial charge in [-0.3, -0.25) is 4.79 Å². The Bertz CT molecular complexity index is 415. The molecule has 4 nitrogen and oxygen atoms in total. The van der Waals surface area contributed by atoms with Gasteiger partial charge in [-0.05, 0) is 30.9 Å². The summed E-state index contributed by atoms with van der Waals surface area (Å²) in [5, 5.41) is 12.0. The monoisotopic (exact) mass is 218 g/mol. The van der Waals surface area contributed by atoms with Gasteiger partial charge < -0.3 is 10.4 Å². The number of carbonyl (C=O) groups excluding carboxylic acids is 1. The van der Waals surface area contributed by atoms with Gasteiger partial charge >= 0.3 is 0 Å². The largest absolute Gasteiger partial charge is 0.504 e. The zero-order valence-electron chi connectivity index (χ0n) is 8.89. The third-order valence-corrected chi connectivity index (χ3v) is 2.60. The minimum atomic E-state index is -0.106. The lowest BCUT2D eigenvalue weighted by Gasteiger charge is -2.08. The molecule has 2 N–H and O–H groups in total. The molecule has 84 valence electrons. The molecule has 1 heterocycles. The van der Waals surface area contributed by atoms with Crippen LogP contribution in [-0.4, -0.2) is 16.0 Å². The van der Waals surface area contributed by atoms with Crippen molar-refractivity contribution >= 4 is 11.7 Å². The summed E-state index contributed by atoms with van der Waals surface area (Å²) in [6, 6.07) is 3.11. The van der Waals surface area contributed by atoms with Gasteiger partial charge in [0.25, 0.3) is 0 Å².